The molecule has 0 aliphatic heterocycles. The lowest BCUT2D eigenvalue weighted by Crippen LogP contribution is -2.18. The number of rotatable bonds is 6. The normalized spacial score (nSPS) is 11.0. The fourth-order valence-electron chi connectivity index (χ4n) is 2.70. The van der Waals surface area contributed by atoms with Gasteiger partial charge < -0.3 is 0 Å². The van der Waals surface area contributed by atoms with E-state index in [-0.39, 0.29) is 5.91 Å². The monoisotopic (exact) mass is 387 g/mol. The number of benzene rings is 1. The number of hydrogen-bond acceptors (Lipinski definition) is 5. The summed E-state index contributed by atoms with van der Waals surface area (Å²) in [7, 11) is 0. The van der Waals surface area contributed by atoms with Gasteiger partial charge in [0.2, 0.25) is 0 Å². The van der Waals surface area contributed by atoms with E-state index in [0.717, 1.165) is 21.7 Å². The molecule has 0 unspecified atom stereocenters. The summed E-state index contributed by atoms with van der Waals surface area (Å²) in [6, 6.07) is 19.3. The van der Waals surface area contributed by atoms with E-state index in [1.54, 1.807) is 41.9 Å². The van der Waals surface area contributed by atoms with Crippen LogP contribution in [0.5, 0.6) is 0 Å². The quantitative estimate of drug-likeness (QED) is 0.404. The maximum Gasteiger partial charge on any atom is 0.289 e. The SMILES string of the molecule is O=C(N/N=C\c1cn(Cc2ccccc2)nc1-c1cccs1)c1ccccn1. The largest absolute Gasteiger partial charge is 0.289 e. The molecule has 0 atom stereocenters. The lowest BCUT2D eigenvalue weighted by Gasteiger charge is -2.00. The molecule has 0 radical (unpaired) electrons. The molecular weight excluding hydrogens is 370 g/mol. The third-order valence-electron chi connectivity index (χ3n) is 4.00. The number of carbonyl (C=O) groups excluding carboxylic acids is 1. The Morgan fingerprint density at radius 2 is 1.96 bits per heavy atom. The molecule has 0 fully saturated rings. The molecule has 6 nitrogen and oxygen atoms in total. The molecule has 1 amide bonds. The highest BCUT2D eigenvalue weighted by atomic mass is 32.1. The molecule has 0 saturated carbocycles. The van der Waals surface area contributed by atoms with Crippen molar-refractivity contribution in [2.45, 2.75) is 6.54 Å². The third-order valence-corrected chi connectivity index (χ3v) is 4.88. The second-order valence-electron chi connectivity index (χ2n) is 6.01. The molecule has 1 aromatic carbocycles. The van der Waals surface area contributed by atoms with Crippen LogP contribution >= 0.6 is 11.3 Å². The number of hydrazone groups is 1. The molecule has 0 saturated heterocycles. The Morgan fingerprint density at radius 1 is 1.11 bits per heavy atom. The first-order valence-corrected chi connectivity index (χ1v) is 9.57. The summed E-state index contributed by atoms with van der Waals surface area (Å²) in [6.07, 6.45) is 5.12. The van der Waals surface area contributed by atoms with Gasteiger partial charge >= 0.3 is 0 Å². The molecule has 0 aliphatic rings. The lowest BCUT2D eigenvalue weighted by molar-refractivity contribution is 0.0950. The number of nitrogens with zero attached hydrogens (tertiary/aromatic N) is 4. The molecule has 3 heterocycles. The standard InChI is InChI=1S/C21H17N5OS/c27-21(18-9-4-5-11-22-18)24-23-13-17-15-26(14-16-7-2-1-3-8-16)25-20(17)19-10-6-12-28-19/h1-13,15H,14H2,(H,24,27)/b23-13-. The van der Waals surface area contributed by atoms with Gasteiger partial charge in [-0.05, 0) is 29.1 Å². The molecule has 138 valence electrons. The van der Waals surface area contributed by atoms with Gasteiger partial charge in [-0.1, -0.05) is 42.5 Å². The summed E-state index contributed by atoms with van der Waals surface area (Å²) in [5.41, 5.74) is 5.66. The van der Waals surface area contributed by atoms with Crippen molar-refractivity contribution in [3.8, 4) is 10.6 Å². The first-order chi connectivity index (χ1) is 13.8. The van der Waals surface area contributed by atoms with E-state index in [1.165, 1.54) is 0 Å². The molecule has 1 N–H and O–H groups in total. The van der Waals surface area contributed by atoms with Crippen molar-refractivity contribution < 1.29 is 4.79 Å². The van der Waals surface area contributed by atoms with Gasteiger partial charge in [0.05, 0.1) is 17.6 Å². The molecule has 4 rings (SSSR count). The summed E-state index contributed by atoms with van der Waals surface area (Å²) in [5, 5.41) is 10.8. The Bertz CT molecular complexity index is 1070. The third kappa shape index (κ3) is 4.21. The average molecular weight is 387 g/mol. The fraction of sp³-hybridized carbons (Fsp3) is 0.0476. The number of carbonyl (C=O) groups is 1. The molecule has 0 bridgehead atoms. The second-order valence-corrected chi connectivity index (χ2v) is 6.96. The highest BCUT2D eigenvalue weighted by Crippen LogP contribution is 2.26. The maximum atomic E-state index is 12.1. The van der Waals surface area contributed by atoms with E-state index >= 15 is 0 Å². The topological polar surface area (TPSA) is 72.2 Å². The van der Waals surface area contributed by atoms with Crippen molar-refractivity contribution in [1.82, 2.24) is 20.2 Å². The van der Waals surface area contributed by atoms with Gasteiger partial charge in [-0.3, -0.25) is 14.5 Å². The van der Waals surface area contributed by atoms with Crippen molar-refractivity contribution in [3.05, 3.63) is 95.3 Å². The van der Waals surface area contributed by atoms with Crippen molar-refractivity contribution in [3.63, 3.8) is 0 Å². The number of hydrogen-bond donors (Lipinski definition) is 1. The van der Waals surface area contributed by atoms with E-state index in [2.05, 4.69) is 27.6 Å². The summed E-state index contributed by atoms with van der Waals surface area (Å²) in [6.45, 7) is 0.660. The minimum Gasteiger partial charge on any atom is -0.267 e. The summed E-state index contributed by atoms with van der Waals surface area (Å²) in [5.74, 6) is -0.355. The molecule has 0 spiro atoms. The zero-order valence-corrected chi connectivity index (χ0v) is 15.7. The Morgan fingerprint density at radius 3 is 2.71 bits per heavy atom. The lowest BCUT2D eigenvalue weighted by atomic mass is 10.2. The van der Waals surface area contributed by atoms with Gasteiger partial charge in [0.1, 0.15) is 11.4 Å². The van der Waals surface area contributed by atoms with Gasteiger partial charge in [-0.2, -0.15) is 10.2 Å². The van der Waals surface area contributed by atoms with Gasteiger partial charge in [0, 0.05) is 18.0 Å². The van der Waals surface area contributed by atoms with Crippen LogP contribution < -0.4 is 5.43 Å². The summed E-state index contributed by atoms with van der Waals surface area (Å²) >= 11 is 1.61. The van der Waals surface area contributed by atoms with Gasteiger partial charge in [-0.15, -0.1) is 11.3 Å². The number of pyridine rings is 1. The molecule has 28 heavy (non-hydrogen) atoms. The number of aromatic nitrogens is 3. The number of nitrogens with one attached hydrogen (secondary N) is 1. The number of amides is 1. The molecule has 0 aliphatic carbocycles. The van der Waals surface area contributed by atoms with E-state index in [4.69, 9.17) is 5.10 Å². The Kier molecular flexibility index (Phi) is 5.35. The average Bonchev–Trinajstić information content (AvgIpc) is 3.39. The van der Waals surface area contributed by atoms with Gasteiger partial charge in [0.15, 0.2) is 0 Å². The zero-order valence-electron chi connectivity index (χ0n) is 14.9. The van der Waals surface area contributed by atoms with E-state index in [9.17, 15) is 4.79 Å². The molecule has 4 aromatic rings. The predicted molar refractivity (Wildman–Crippen MR) is 110 cm³/mol. The molecule has 7 heteroatoms. The van der Waals surface area contributed by atoms with Gasteiger partial charge in [-0.25, -0.2) is 5.43 Å². The van der Waals surface area contributed by atoms with Crippen LogP contribution in [-0.2, 0) is 6.54 Å². The van der Waals surface area contributed by atoms with Crippen LogP contribution in [0.4, 0.5) is 0 Å². The molecular formula is C21H17N5OS. The van der Waals surface area contributed by atoms with Crippen molar-refractivity contribution in [2.75, 3.05) is 0 Å². The van der Waals surface area contributed by atoms with Crippen molar-refractivity contribution in [1.29, 1.82) is 0 Å². The van der Waals surface area contributed by atoms with E-state index < -0.39 is 0 Å². The van der Waals surface area contributed by atoms with Crippen LogP contribution in [0.1, 0.15) is 21.6 Å². The van der Waals surface area contributed by atoms with Gasteiger partial charge in [0.25, 0.3) is 5.91 Å². The highest BCUT2D eigenvalue weighted by molar-refractivity contribution is 7.13. The predicted octanol–water partition coefficient (Wildman–Crippen LogP) is 3.82. The smallest absolute Gasteiger partial charge is 0.267 e. The van der Waals surface area contributed by atoms with Crippen molar-refractivity contribution in [2.24, 2.45) is 5.10 Å². The Hall–Kier alpha value is -3.58. The first kappa shape index (κ1) is 17.8. The minimum absolute atomic E-state index is 0.318. The highest BCUT2D eigenvalue weighted by Gasteiger charge is 2.11. The van der Waals surface area contributed by atoms with E-state index in [0.29, 0.717) is 12.2 Å². The summed E-state index contributed by atoms with van der Waals surface area (Å²) < 4.78 is 1.88. The van der Waals surface area contributed by atoms with Crippen LogP contribution in [0, 0.1) is 0 Å². The van der Waals surface area contributed by atoms with Crippen LogP contribution in [0.25, 0.3) is 10.6 Å². The minimum atomic E-state index is -0.355. The van der Waals surface area contributed by atoms with Crippen LogP contribution in [0.3, 0.4) is 0 Å². The fourth-order valence-corrected chi connectivity index (χ4v) is 3.43. The molecule has 3 aromatic heterocycles. The zero-order chi connectivity index (χ0) is 19.2. The van der Waals surface area contributed by atoms with Crippen LogP contribution in [0.15, 0.2) is 83.5 Å². The Labute approximate surface area is 166 Å². The van der Waals surface area contributed by atoms with Crippen molar-refractivity contribution >= 4 is 23.5 Å². The van der Waals surface area contributed by atoms with E-state index in [1.807, 2.05) is 46.6 Å². The number of thiophene rings is 1. The van der Waals surface area contributed by atoms with Crippen LogP contribution in [-0.4, -0.2) is 26.9 Å². The maximum absolute atomic E-state index is 12.1. The van der Waals surface area contributed by atoms with Crippen LogP contribution in [0.2, 0.25) is 0 Å². The first-order valence-electron chi connectivity index (χ1n) is 8.69. The second kappa shape index (κ2) is 8.41. The Balaban J connectivity index is 1.55. The summed E-state index contributed by atoms with van der Waals surface area (Å²) in [4.78, 5) is 17.1.